The Morgan fingerprint density at radius 3 is 2.42 bits per heavy atom. The van der Waals surface area contributed by atoms with Gasteiger partial charge in [-0.3, -0.25) is 4.99 Å². The molecule has 2 saturated carbocycles. The van der Waals surface area contributed by atoms with Gasteiger partial charge in [0.25, 0.3) is 0 Å². The zero-order chi connectivity index (χ0) is 15.8. The second-order valence-corrected chi connectivity index (χ2v) is 7.71. The van der Waals surface area contributed by atoms with E-state index in [2.05, 4.69) is 46.4 Å². The summed E-state index contributed by atoms with van der Waals surface area (Å²) in [7, 11) is 1.94. The molecule has 1 aromatic carbocycles. The Kier molecular flexibility index (Phi) is 5.73. The number of rotatable bonds is 2. The minimum Gasteiger partial charge on any atom is -0.353 e. The number of likely N-dealkylation sites (tertiary alicyclic amines) is 1. The van der Waals surface area contributed by atoms with Crippen molar-refractivity contribution in [3.8, 4) is 0 Å². The number of hydrogen-bond donors (Lipinski definition) is 1. The summed E-state index contributed by atoms with van der Waals surface area (Å²) in [6.45, 7) is 4.66. The molecule has 0 aromatic heterocycles. The number of guanidine groups is 1. The van der Waals surface area contributed by atoms with Crippen molar-refractivity contribution >= 4 is 29.9 Å². The smallest absolute Gasteiger partial charge is 0.193 e. The molecule has 3 aliphatic rings. The molecule has 132 valence electrons. The molecule has 3 fully saturated rings. The van der Waals surface area contributed by atoms with Crippen LogP contribution in [0.5, 0.6) is 0 Å². The van der Waals surface area contributed by atoms with Crippen LogP contribution in [-0.4, -0.2) is 37.0 Å². The molecular formula is C20H30IN3. The zero-order valence-electron chi connectivity index (χ0n) is 14.9. The number of benzene rings is 1. The summed E-state index contributed by atoms with van der Waals surface area (Å²) < 4.78 is 0. The molecule has 2 aliphatic carbocycles. The van der Waals surface area contributed by atoms with Gasteiger partial charge in [0.2, 0.25) is 0 Å². The SMILES string of the molecule is CN=C(NC1CC1c1ccccc1C)N1CC2CCCCC2C1.I. The van der Waals surface area contributed by atoms with Crippen molar-refractivity contribution in [2.45, 2.75) is 51.0 Å². The highest BCUT2D eigenvalue weighted by Crippen LogP contribution is 2.42. The molecule has 0 radical (unpaired) electrons. The largest absolute Gasteiger partial charge is 0.353 e. The van der Waals surface area contributed by atoms with E-state index in [0.717, 1.165) is 17.8 Å². The summed E-state index contributed by atoms with van der Waals surface area (Å²) >= 11 is 0. The highest BCUT2D eigenvalue weighted by molar-refractivity contribution is 14.0. The number of nitrogens with one attached hydrogen (secondary N) is 1. The molecule has 4 unspecified atom stereocenters. The van der Waals surface area contributed by atoms with E-state index in [0.29, 0.717) is 12.0 Å². The van der Waals surface area contributed by atoms with Crippen molar-refractivity contribution < 1.29 is 0 Å². The van der Waals surface area contributed by atoms with Crippen molar-refractivity contribution in [1.82, 2.24) is 10.2 Å². The minimum atomic E-state index is 0. The lowest BCUT2D eigenvalue weighted by atomic mass is 9.82. The Labute approximate surface area is 163 Å². The lowest BCUT2D eigenvalue weighted by Crippen LogP contribution is -2.41. The van der Waals surface area contributed by atoms with Crippen LogP contribution in [0, 0.1) is 18.8 Å². The van der Waals surface area contributed by atoms with Gasteiger partial charge in [-0.25, -0.2) is 0 Å². The summed E-state index contributed by atoms with van der Waals surface area (Å²) in [5.74, 6) is 3.63. The Hall–Kier alpha value is -0.780. The van der Waals surface area contributed by atoms with Crippen molar-refractivity contribution in [2.75, 3.05) is 20.1 Å². The standard InChI is InChI=1S/C20H29N3.HI/c1-14-7-3-6-10-17(14)18-11-19(18)22-20(21-2)23-12-15-8-4-5-9-16(15)13-23;/h3,6-7,10,15-16,18-19H,4-5,8-9,11-13H2,1-2H3,(H,21,22);1H. The van der Waals surface area contributed by atoms with Gasteiger partial charge in [0, 0.05) is 32.1 Å². The van der Waals surface area contributed by atoms with Crippen molar-refractivity contribution in [3.05, 3.63) is 35.4 Å². The maximum atomic E-state index is 4.59. The van der Waals surface area contributed by atoms with E-state index in [1.54, 1.807) is 0 Å². The minimum absolute atomic E-state index is 0. The highest BCUT2D eigenvalue weighted by Gasteiger charge is 2.42. The molecule has 1 N–H and O–H groups in total. The lowest BCUT2D eigenvalue weighted by Gasteiger charge is -2.22. The third-order valence-electron chi connectivity index (χ3n) is 6.18. The van der Waals surface area contributed by atoms with Crippen LogP contribution in [0.3, 0.4) is 0 Å². The molecule has 1 saturated heterocycles. The van der Waals surface area contributed by atoms with E-state index in [9.17, 15) is 0 Å². The van der Waals surface area contributed by atoms with Crippen LogP contribution in [0.25, 0.3) is 0 Å². The molecule has 1 heterocycles. The molecule has 0 bridgehead atoms. The number of aliphatic imine (C=N–C) groups is 1. The fourth-order valence-corrected chi connectivity index (χ4v) is 4.74. The molecule has 0 amide bonds. The number of nitrogens with zero attached hydrogens (tertiary/aromatic N) is 2. The van der Waals surface area contributed by atoms with Crippen LogP contribution < -0.4 is 5.32 Å². The fraction of sp³-hybridized carbons (Fsp3) is 0.650. The summed E-state index contributed by atoms with van der Waals surface area (Å²) in [6.07, 6.45) is 6.95. The van der Waals surface area contributed by atoms with Gasteiger partial charge in [0.1, 0.15) is 0 Å². The number of aryl methyl sites for hydroxylation is 1. The van der Waals surface area contributed by atoms with Crippen LogP contribution in [0.2, 0.25) is 0 Å². The first-order valence-electron chi connectivity index (χ1n) is 9.30. The highest BCUT2D eigenvalue weighted by atomic mass is 127. The van der Waals surface area contributed by atoms with Crippen molar-refractivity contribution in [2.24, 2.45) is 16.8 Å². The molecule has 3 nitrogen and oxygen atoms in total. The number of fused-ring (bicyclic) bond motifs is 1. The second kappa shape index (κ2) is 7.63. The van der Waals surface area contributed by atoms with Gasteiger partial charge in [-0.15, -0.1) is 24.0 Å². The maximum Gasteiger partial charge on any atom is 0.193 e. The van der Waals surface area contributed by atoms with E-state index in [4.69, 9.17) is 0 Å². The molecule has 0 spiro atoms. The van der Waals surface area contributed by atoms with Crippen molar-refractivity contribution in [1.29, 1.82) is 0 Å². The quantitative estimate of drug-likeness (QED) is 0.426. The third kappa shape index (κ3) is 3.58. The maximum absolute atomic E-state index is 4.59. The van der Waals surface area contributed by atoms with Crippen LogP contribution in [-0.2, 0) is 0 Å². The Morgan fingerprint density at radius 1 is 1.12 bits per heavy atom. The summed E-state index contributed by atoms with van der Waals surface area (Å²) in [4.78, 5) is 7.11. The summed E-state index contributed by atoms with van der Waals surface area (Å²) in [5, 5.41) is 3.74. The van der Waals surface area contributed by atoms with Gasteiger partial charge in [-0.05, 0) is 49.1 Å². The molecule has 1 aromatic rings. The van der Waals surface area contributed by atoms with Crippen LogP contribution in [0.1, 0.15) is 49.1 Å². The van der Waals surface area contributed by atoms with E-state index in [-0.39, 0.29) is 24.0 Å². The van der Waals surface area contributed by atoms with Crippen LogP contribution in [0.4, 0.5) is 0 Å². The normalized spacial score (nSPS) is 32.1. The average molecular weight is 439 g/mol. The lowest BCUT2D eigenvalue weighted by molar-refractivity contribution is 0.299. The third-order valence-corrected chi connectivity index (χ3v) is 6.18. The summed E-state index contributed by atoms with van der Waals surface area (Å²) in [6, 6.07) is 9.38. The molecule has 1 aliphatic heterocycles. The van der Waals surface area contributed by atoms with Gasteiger partial charge in [-0.2, -0.15) is 0 Å². The zero-order valence-corrected chi connectivity index (χ0v) is 17.2. The topological polar surface area (TPSA) is 27.6 Å². The van der Waals surface area contributed by atoms with E-state index >= 15 is 0 Å². The number of hydrogen-bond acceptors (Lipinski definition) is 1. The van der Waals surface area contributed by atoms with Gasteiger partial charge in [0.05, 0.1) is 0 Å². The predicted octanol–water partition coefficient (Wildman–Crippen LogP) is 4.17. The van der Waals surface area contributed by atoms with Gasteiger partial charge in [-0.1, -0.05) is 37.1 Å². The van der Waals surface area contributed by atoms with Crippen LogP contribution in [0.15, 0.2) is 29.3 Å². The van der Waals surface area contributed by atoms with Crippen LogP contribution >= 0.6 is 24.0 Å². The summed E-state index contributed by atoms with van der Waals surface area (Å²) in [5.41, 5.74) is 2.93. The fourth-order valence-electron chi connectivity index (χ4n) is 4.74. The first-order chi connectivity index (χ1) is 11.3. The first-order valence-corrected chi connectivity index (χ1v) is 9.30. The van der Waals surface area contributed by atoms with E-state index in [1.165, 1.54) is 56.3 Å². The Balaban J connectivity index is 0.00000169. The van der Waals surface area contributed by atoms with E-state index < -0.39 is 0 Å². The van der Waals surface area contributed by atoms with E-state index in [1.807, 2.05) is 7.05 Å². The predicted molar refractivity (Wildman–Crippen MR) is 111 cm³/mol. The van der Waals surface area contributed by atoms with Gasteiger partial charge < -0.3 is 10.2 Å². The Morgan fingerprint density at radius 2 is 1.79 bits per heavy atom. The number of halogens is 1. The second-order valence-electron chi connectivity index (χ2n) is 7.71. The first kappa shape index (κ1) is 18.0. The van der Waals surface area contributed by atoms with Gasteiger partial charge in [0.15, 0.2) is 5.96 Å². The Bertz CT molecular complexity index is 586. The molecule has 4 heteroatoms. The average Bonchev–Trinajstić information content (AvgIpc) is 3.19. The van der Waals surface area contributed by atoms with Gasteiger partial charge >= 0.3 is 0 Å². The molecule has 4 rings (SSSR count). The molecule has 4 atom stereocenters. The monoisotopic (exact) mass is 439 g/mol. The van der Waals surface area contributed by atoms with Crippen molar-refractivity contribution in [3.63, 3.8) is 0 Å². The molecule has 24 heavy (non-hydrogen) atoms. The molecular weight excluding hydrogens is 409 g/mol.